The van der Waals surface area contributed by atoms with E-state index in [9.17, 15) is 28.8 Å². The van der Waals surface area contributed by atoms with Gasteiger partial charge in [-0.3, -0.25) is 19.2 Å². The van der Waals surface area contributed by atoms with Crippen LogP contribution in [0.5, 0.6) is 0 Å². The first kappa shape index (κ1) is 34.0. The number of hydrogen-bond donors (Lipinski definition) is 1. The van der Waals surface area contributed by atoms with Crippen LogP contribution in [0.1, 0.15) is 40.2 Å². The largest absolute Gasteiger partial charge is 0.467 e. The number of nitrogens with one attached hydrogen (secondary N) is 1. The molecule has 0 spiro atoms. The Morgan fingerprint density at radius 3 is 1.93 bits per heavy atom. The molecule has 0 radical (unpaired) electrons. The van der Waals surface area contributed by atoms with Gasteiger partial charge in [0.05, 0.1) is 13.2 Å². The number of benzene rings is 1. The van der Waals surface area contributed by atoms with E-state index in [1.807, 2.05) is 0 Å². The summed E-state index contributed by atoms with van der Waals surface area (Å²) in [6, 6.07) is 7.34. The smallest absolute Gasteiger partial charge is 0.408 e. The molecular formula is C27H35NO14. The Morgan fingerprint density at radius 1 is 0.810 bits per heavy atom. The molecule has 15 heteroatoms. The molecule has 0 aliphatic carbocycles. The van der Waals surface area contributed by atoms with Crippen molar-refractivity contribution < 1.29 is 66.7 Å². The fourth-order valence-corrected chi connectivity index (χ4v) is 3.98. The van der Waals surface area contributed by atoms with E-state index >= 15 is 0 Å². The van der Waals surface area contributed by atoms with E-state index in [-0.39, 0.29) is 6.61 Å². The molecule has 1 amide bonds. The van der Waals surface area contributed by atoms with Crippen LogP contribution < -0.4 is 5.32 Å². The van der Waals surface area contributed by atoms with E-state index in [1.165, 1.54) is 6.92 Å². The van der Waals surface area contributed by atoms with Crippen LogP contribution in [0.4, 0.5) is 4.79 Å². The number of esters is 5. The number of alkyl carbamates (subject to hydrolysis) is 1. The third-order valence-corrected chi connectivity index (χ3v) is 5.71. The molecule has 1 aromatic rings. The van der Waals surface area contributed by atoms with Crippen LogP contribution in [-0.2, 0) is 68.5 Å². The van der Waals surface area contributed by atoms with Gasteiger partial charge in [-0.05, 0) is 12.5 Å². The fourth-order valence-electron chi connectivity index (χ4n) is 3.98. The highest BCUT2D eigenvalue weighted by molar-refractivity contribution is 5.81. The summed E-state index contributed by atoms with van der Waals surface area (Å²) >= 11 is 0. The molecule has 2 rings (SSSR count). The van der Waals surface area contributed by atoms with Crippen molar-refractivity contribution in [3.05, 3.63) is 35.9 Å². The molecule has 232 valence electrons. The molecule has 1 saturated heterocycles. The van der Waals surface area contributed by atoms with Crippen LogP contribution in [0, 0.1) is 0 Å². The molecule has 1 N–H and O–H groups in total. The van der Waals surface area contributed by atoms with Gasteiger partial charge in [-0.15, -0.1) is 0 Å². The second kappa shape index (κ2) is 16.3. The van der Waals surface area contributed by atoms with Crippen LogP contribution >= 0.6 is 0 Å². The highest BCUT2D eigenvalue weighted by Crippen LogP contribution is 2.31. The average molecular weight is 598 g/mol. The first-order valence-electron chi connectivity index (χ1n) is 12.8. The minimum Gasteiger partial charge on any atom is -0.467 e. The van der Waals surface area contributed by atoms with Crippen molar-refractivity contribution in [1.29, 1.82) is 0 Å². The molecular weight excluding hydrogens is 562 g/mol. The Balaban J connectivity index is 2.34. The highest BCUT2D eigenvalue weighted by Gasteiger charge is 2.53. The van der Waals surface area contributed by atoms with Crippen molar-refractivity contribution >= 4 is 35.9 Å². The van der Waals surface area contributed by atoms with Gasteiger partial charge in [-0.25, -0.2) is 9.59 Å². The zero-order chi connectivity index (χ0) is 31.4. The van der Waals surface area contributed by atoms with Crippen molar-refractivity contribution in [2.75, 3.05) is 13.7 Å². The van der Waals surface area contributed by atoms with E-state index in [2.05, 4.69) is 5.32 Å². The van der Waals surface area contributed by atoms with Crippen LogP contribution in [0.2, 0.25) is 0 Å². The summed E-state index contributed by atoms with van der Waals surface area (Å²) in [6.07, 6.45) is -9.47. The summed E-state index contributed by atoms with van der Waals surface area (Å²) in [5, 5.41) is 2.36. The summed E-state index contributed by atoms with van der Waals surface area (Å²) in [6.45, 7) is 5.18. The maximum absolute atomic E-state index is 12.6. The van der Waals surface area contributed by atoms with Gasteiger partial charge in [-0.2, -0.15) is 0 Å². The van der Waals surface area contributed by atoms with Crippen molar-refractivity contribution in [2.24, 2.45) is 0 Å². The van der Waals surface area contributed by atoms with E-state index in [4.69, 9.17) is 37.9 Å². The first-order valence-corrected chi connectivity index (χ1v) is 12.8. The highest BCUT2D eigenvalue weighted by atomic mass is 16.7. The zero-order valence-corrected chi connectivity index (χ0v) is 24.1. The Bertz CT molecular complexity index is 1110. The van der Waals surface area contributed by atoms with Gasteiger partial charge >= 0.3 is 35.9 Å². The van der Waals surface area contributed by atoms with Crippen LogP contribution in [0.3, 0.4) is 0 Å². The quantitative estimate of drug-likeness (QED) is 0.265. The lowest BCUT2D eigenvalue weighted by molar-refractivity contribution is -0.316. The van der Waals surface area contributed by atoms with E-state index in [1.54, 1.807) is 30.3 Å². The van der Waals surface area contributed by atoms with E-state index in [0.717, 1.165) is 34.8 Å². The Labute approximate surface area is 242 Å². The Hall–Kier alpha value is -4.24. The minimum absolute atomic E-state index is 0.0878. The lowest BCUT2D eigenvalue weighted by Gasteiger charge is -2.44. The van der Waals surface area contributed by atoms with Gasteiger partial charge in [0.1, 0.15) is 19.3 Å². The predicted molar refractivity (Wildman–Crippen MR) is 138 cm³/mol. The molecule has 1 heterocycles. The lowest BCUT2D eigenvalue weighted by atomic mass is 9.98. The molecule has 1 fully saturated rings. The van der Waals surface area contributed by atoms with Crippen molar-refractivity contribution in [2.45, 2.75) is 84.1 Å². The van der Waals surface area contributed by atoms with Crippen molar-refractivity contribution in [1.82, 2.24) is 5.32 Å². The number of ether oxygens (including phenoxy) is 8. The maximum atomic E-state index is 12.6. The maximum Gasteiger partial charge on any atom is 0.408 e. The van der Waals surface area contributed by atoms with Crippen LogP contribution in [0.15, 0.2) is 30.3 Å². The number of hydrogen-bond acceptors (Lipinski definition) is 14. The molecule has 1 unspecified atom stereocenters. The van der Waals surface area contributed by atoms with Gasteiger partial charge in [0.15, 0.2) is 30.6 Å². The number of carbonyl (C=O) groups excluding carboxylic acids is 6. The van der Waals surface area contributed by atoms with Gasteiger partial charge < -0.3 is 43.2 Å². The Morgan fingerprint density at radius 2 is 1.38 bits per heavy atom. The second-order valence-electron chi connectivity index (χ2n) is 9.12. The molecule has 1 aliphatic rings. The average Bonchev–Trinajstić information content (AvgIpc) is 2.92. The lowest BCUT2D eigenvalue weighted by Crippen LogP contribution is -2.64. The second-order valence-corrected chi connectivity index (χ2v) is 9.12. The summed E-state index contributed by atoms with van der Waals surface area (Å²) in [7, 11) is 1.09. The van der Waals surface area contributed by atoms with Gasteiger partial charge in [0.25, 0.3) is 0 Å². The number of amides is 1. The molecule has 1 aliphatic heterocycles. The third kappa shape index (κ3) is 10.6. The van der Waals surface area contributed by atoms with Gasteiger partial charge in [0, 0.05) is 27.7 Å². The molecule has 15 nitrogen and oxygen atoms in total. The molecule has 42 heavy (non-hydrogen) atoms. The molecule has 7 atom stereocenters. The third-order valence-electron chi connectivity index (χ3n) is 5.71. The zero-order valence-electron chi connectivity index (χ0n) is 24.1. The Kier molecular flexibility index (Phi) is 13.2. The van der Waals surface area contributed by atoms with E-state index in [0.29, 0.717) is 5.56 Å². The number of methoxy groups -OCH3 is 1. The first-order chi connectivity index (χ1) is 19.8. The summed E-state index contributed by atoms with van der Waals surface area (Å²) in [5.41, 5.74) is 0.698. The van der Waals surface area contributed by atoms with Gasteiger partial charge in [0.2, 0.25) is 0 Å². The van der Waals surface area contributed by atoms with Crippen LogP contribution in [-0.4, -0.2) is 92.5 Å². The normalized spacial score (nSPS) is 22.9. The monoisotopic (exact) mass is 597 g/mol. The van der Waals surface area contributed by atoms with Crippen LogP contribution in [0.25, 0.3) is 0 Å². The molecule has 0 bridgehead atoms. The topological polar surface area (TPSA) is 188 Å². The predicted octanol–water partition coefficient (Wildman–Crippen LogP) is 0.943. The minimum atomic E-state index is -1.59. The summed E-state index contributed by atoms with van der Waals surface area (Å²) in [5.74, 6) is -4.07. The number of carbonyl (C=O) groups is 6. The van der Waals surface area contributed by atoms with Gasteiger partial charge in [-0.1, -0.05) is 30.3 Å². The molecule has 0 saturated carbocycles. The summed E-state index contributed by atoms with van der Waals surface area (Å²) in [4.78, 5) is 72.6. The molecule has 1 aromatic carbocycles. The van der Waals surface area contributed by atoms with Crippen molar-refractivity contribution in [3.8, 4) is 0 Å². The summed E-state index contributed by atoms with van der Waals surface area (Å²) < 4.78 is 42.8. The molecule has 0 aromatic heterocycles. The van der Waals surface area contributed by atoms with Crippen molar-refractivity contribution in [3.63, 3.8) is 0 Å². The SMILES string of the molecule is COC(=O)[C@@H](NC(=O)OCc1ccccc1)C(C)O[C@@H]1O[C@H](COC(C)=O)[C@@H](OC(C)=O)[C@H](OC(C)=O)[C@H]1OC(C)=O. The number of rotatable bonds is 12. The fraction of sp³-hybridized carbons (Fsp3) is 0.556. The van der Waals surface area contributed by atoms with E-state index < -0.39 is 85.4 Å². The standard InChI is InChI=1S/C27H35NO14/c1-14(21(25(33)35-6)28-27(34)37-12-19-10-8-7-9-11-19)38-26-24(41-18(5)32)23(40-17(4)31)22(39-16(3)30)20(42-26)13-36-15(2)29/h7-11,14,20-24,26H,12-13H2,1-6H3,(H,28,34)/t14?,20-,21+,22-,23+,24-,26-/m1/s1.